The van der Waals surface area contributed by atoms with Gasteiger partial charge in [0.25, 0.3) is 0 Å². The Morgan fingerprint density at radius 1 is 0.786 bits per heavy atom. The van der Waals surface area contributed by atoms with Crippen molar-refractivity contribution in [2.75, 3.05) is 5.75 Å². The molecule has 3 aromatic rings. The summed E-state index contributed by atoms with van der Waals surface area (Å²) in [5.74, 6) is 0.990. The second kappa shape index (κ2) is 8.55. The Kier molecular flexibility index (Phi) is 6.71. The molecular weight excluding hydrogens is 510 g/mol. The van der Waals surface area contributed by atoms with Gasteiger partial charge in [-0.3, -0.25) is 0 Å². The molecule has 0 atom stereocenters. The van der Waals surface area contributed by atoms with Gasteiger partial charge in [0, 0.05) is 0 Å². The summed E-state index contributed by atoms with van der Waals surface area (Å²) >= 11 is 10.7. The predicted molar refractivity (Wildman–Crippen MR) is 144 cm³/mol. The average molecular weight is 536 g/mol. The molecule has 0 radical (unpaired) electrons. The van der Waals surface area contributed by atoms with E-state index in [1.54, 1.807) is 11.8 Å². The molecule has 0 aromatic heterocycles. The van der Waals surface area contributed by atoms with Crippen LogP contribution in [0.4, 0.5) is 0 Å². The third kappa shape index (κ3) is 3.19. The molecule has 0 heterocycles. The van der Waals surface area contributed by atoms with Crippen LogP contribution in [0.15, 0.2) is 91.0 Å². The maximum absolute atomic E-state index is 6.10. The summed E-state index contributed by atoms with van der Waals surface area (Å²) in [4.78, 5) is 0. The fourth-order valence-corrected chi connectivity index (χ4v) is 16.2. The molecule has 0 unspecified atom stereocenters. The third-order valence-corrected chi connectivity index (χ3v) is 22.5. The van der Waals surface area contributed by atoms with Crippen molar-refractivity contribution in [2.45, 2.75) is 25.9 Å². The van der Waals surface area contributed by atoms with Gasteiger partial charge in [0.15, 0.2) is 0 Å². The Hall–Kier alpha value is -0.740. The van der Waals surface area contributed by atoms with Gasteiger partial charge in [0.2, 0.25) is 0 Å². The molecule has 146 valence electrons. The van der Waals surface area contributed by atoms with Crippen molar-refractivity contribution in [3.05, 3.63) is 91.0 Å². The van der Waals surface area contributed by atoms with Crippen LogP contribution in [-0.2, 0) is 0 Å². The van der Waals surface area contributed by atoms with Crippen LogP contribution in [0.3, 0.4) is 0 Å². The van der Waals surface area contributed by atoms with Crippen LogP contribution < -0.4 is 15.9 Å². The minimum absolute atomic E-state index is 0.216. The molecule has 0 saturated carbocycles. The number of hydrogen-bond acceptors (Lipinski definition) is 2. The Labute approximate surface area is 191 Å². The number of rotatable bonds is 6. The molecule has 0 nitrogen and oxygen atoms in total. The van der Waals surface area contributed by atoms with Crippen molar-refractivity contribution in [3.8, 4) is 0 Å². The summed E-state index contributed by atoms with van der Waals surface area (Å²) < 4.78 is -1.89. The molecular formula is C24H26IPS2. The Balaban J connectivity index is 2.53. The quantitative estimate of drug-likeness (QED) is 0.195. The summed E-state index contributed by atoms with van der Waals surface area (Å²) in [5.41, 5.74) is 0. The Bertz CT molecular complexity index is 841. The fraction of sp³-hybridized carbons (Fsp3) is 0.208. The number of halogens is 1. The first-order valence-electron chi connectivity index (χ1n) is 9.45. The van der Waals surface area contributed by atoms with E-state index in [4.69, 9.17) is 12.2 Å². The first-order valence-corrected chi connectivity index (χ1v) is 15.9. The summed E-state index contributed by atoms with van der Waals surface area (Å²) in [7, 11) is 0. The van der Waals surface area contributed by atoms with Crippen molar-refractivity contribution in [1.29, 1.82) is 0 Å². The standard InChI is InChI=1S/C24H26IPS2/c1-4-28-23(27)24(2,3)26(25,20-14-8-5-9-15-20,21-16-10-6-11-17-21)22-18-12-7-13-19-22/h5-19H,4H2,1-3H3. The summed E-state index contributed by atoms with van der Waals surface area (Å²) in [6.45, 7) is 6.90. The number of thioether (sulfide) groups is 1. The van der Waals surface area contributed by atoms with Gasteiger partial charge >= 0.3 is 193 Å². The Morgan fingerprint density at radius 3 is 1.39 bits per heavy atom. The van der Waals surface area contributed by atoms with Crippen molar-refractivity contribution in [3.63, 3.8) is 0 Å². The normalized spacial score (nSPS) is 13.5. The topological polar surface area (TPSA) is 0 Å². The van der Waals surface area contributed by atoms with Gasteiger partial charge < -0.3 is 0 Å². The molecule has 3 aromatic carbocycles. The van der Waals surface area contributed by atoms with Gasteiger partial charge in [-0.2, -0.15) is 0 Å². The first-order chi connectivity index (χ1) is 13.4. The zero-order chi connectivity index (χ0) is 20.3. The molecule has 0 bridgehead atoms. The van der Waals surface area contributed by atoms with Crippen molar-refractivity contribution in [2.24, 2.45) is 0 Å². The Morgan fingerprint density at radius 2 is 1.11 bits per heavy atom. The van der Waals surface area contributed by atoms with Crippen LogP contribution in [0.25, 0.3) is 0 Å². The van der Waals surface area contributed by atoms with E-state index in [-0.39, 0.29) is 5.16 Å². The fourth-order valence-electron chi connectivity index (χ4n) is 4.02. The van der Waals surface area contributed by atoms with E-state index in [1.807, 2.05) is 0 Å². The predicted octanol–water partition coefficient (Wildman–Crippen LogP) is 6.73. The van der Waals surface area contributed by atoms with Crippen LogP contribution >= 0.6 is 50.3 Å². The molecule has 0 saturated heterocycles. The van der Waals surface area contributed by atoms with Gasteiger partial charge in [-0.05, 0) is 0 Å². The van der Waals surface area contributed by atoms with Crippen molar-refractivity contribution < 1.29 is 0 Å². The minimum atomic E-state index is -2.97. The molecule has 0 aliphatic rings. The summed E-state index contributed by atoms with van der Waals surface area (Å²) in [5, 5.41) is 3.90. The van der Waals surface area contributed by atoms with Crippen LogP contribution in [0, 0.1) is 0 Å². The number of hydrogen-bond donors (Lipinski definition) is 0. The van der Waals surface area contributed by atoms with Crippen molar-refractivity contribution in [1.82, 2.24) is 0 Å². The molecule has 0 aliphatic heterocycles. The second-order valence-electron chi connectivity index (χ2n) is 7.30. The summed E-state index contributed by atoms with van der Waals surface area (Å²) in [6.07, 6.45) is 0. The maximum atomic E-state index is 6.10. The first kappa shape index (κ1) is 22.0. The number of thiocarbonyl (C=S) groups is 1. The van der Waals surface area contributed by atoms with E-state index >= 15 is 0 Å². The molecule has 0 spiro atoms. The third-order valence-electron chi connectivity index (χ3n) is 5.55. The van der Waals surface area contributed by atoms with E-state index < -0.39 is 4.25 Å². The van der Waals surface area contributed by atoms with E-state index in [0.717, 1.165) is 9.95 Å². The zero-order valence-corrected chi connectivity index (χ0v) is 21.2. The van der Waals surface area contributed by atoms with Crippen LogP contribution in [0.1, 0.15) is 20.8 Å². The van der Waals surface area contributed by atoms with E-state index in [9.17, 15) is 0 Å². The van der Waals surface area contributed by atoms with E-state index in [0.29, 0.717) is 0 Å². The molecule has 4 heteroatoms. The molecule has 0 fully saturated rings. The molecule has 0 amide bonds. The number of benzene rings is 3. The van der Waals surface area contributed by atoms with Gasteiger partial charge in [0.1, 0.15) is 0 Å². The molecule has 3 rings (SSSR count). The zero-order valence-electron chi connectivity index (χ0n) is 16.5. The van der Waals surface area contributed by atoms with Gasteiger partial charge in [-0.1, -0.05) is 0 Å². The van der Waals surface area contributed by atoms with Gasteiger partial charge in [0.05, 0.1) is 0 Å². The van der Waals surface area contributed by atoms with Crippen LogP contribution in [0.5, 0.6) is 0 Å². The van der Waals surface area contributed by atoms with Gasteiger partial charge in [-0.15, -0.1) is 0 Å². The molecule has 28 heavy (non-hydrogen) atoms. The van der Waals surface area contributed by atoms with Crippen molar-refractivity contribution >= 4 is 70.4 Å². The summed E-state index contributed by atoms with van der Waals surface area (Å²) in [6, 6.07) is 33.0. The molecule has 0 aliphatic carbocycles. The SMILES string of the molecule is CCSC(=S)C(C)(C)P(I)(c1ccccc1)(c1ccccc1)c1ccccc1. The van der Waals surface area contributed by atoms with Crippen LogP contribution in [-0.4, -0.2) is 15.1 Å². The monoisotopic (exact) mass is 536 g/mol. The molecule has 0 N–H and O–H groups in total. The van der Waals surface area contributed by atoms with E-state index in [2.05, 4.69) is 134 Å². The second-order valence-corrected chi connectivity index (χ2v) is 19.7. The van der Waals surface area contributed by atoms with Gasteiger partial charge in [-0.25, -0.2) is 0 Å². The van der Waals surface area contributed by atoms with E-state index in [1.165, 1.54) is 15.9 Å². The van der Waals surface area contributed by atoms with Crippen LogP contribution in [0.2, 0.25) is 0 Å². The average Bonchev–Trinajstić information content (AvgIpc) is 2.75.